The maximum atomic E-state index is 11.3. The molecule has 1 rings (SSSR count). The molecule has 0 aromatic rings. The van der Waals surface area contributed by atoms with Crippen LogP contribution in [0.25, 0.3) is 0 Å². The Morgan fingerprint density at radius 2 is 2.13 bits per heavy atom. The molecule has 0 heterocycles. The Hall–Kier alpha value is -0.610. The van der Waals surface area contributed by atoms with Gasteiger partial charge in [-0.2, -0.15) is 0 Å². The molecular formula is C11H22N2O2. The van der Waals surface area contributed by atoms with Crippen molar-refractivity contribution in [1.82, 2.24) is 5.32 Å². The van der Waals surface area contributed by atoms with Crippen LogP contribution >= 0.6 is 0 Å². The summed E-state index contributed by atoms with van der Waals surface area (Å²) >= 11 is 0. The molecule has 0 unspecified atom stereocenters. The van der Waals surface area contributed by atoms with Gasteiger partial charge in [-0.1, -0.05) is 6.92 Å². The molecule has 0 bridgehead atoms. The molecule has 4 nitrogen and oxygen atoms in total. The Morgan fingerprint density at radius 3 is 2.60 bits per heavy atom. The van der Waals surface area contributed by atoms with Gasteiger partial charge < -0.3 is 16.2 Å². The fourth-order valence-corrected chi connectivity index (χ4v) is 2.15. The summed E-state index contributed by atoms with van der Waals surface area (Å²) in [5, 5.41) is 12.5. The lowest BCUT2D eigenvalue weighted by molar-refractivity contribution is -0.146. The molecule has 15 heavy (non-hydrogen) atoms. The first-order valence-corrected chi connectivity index (χ1v) is 5.79. The number of rotatable bonds is 5. The molecule has 1 aliphatic carbocycles. The largest absolute Gasteiger partial charge is 0.480 e. The zero-order chi connectivity index (χ0) is 11.3. The van der Waals surface area contributed by atoms with Crippen LogP contribution in [-0.4, -0.2) is 29.7 Å². The summed E-state index contributed by atoms with van der Waals surface area (Å²) in [5.41, 5.74) is 4.72. The topological polar surface area (TPSA) is 75.3 Å². The minimum atomic E-state index is -0.702. The fourth-order valence-electron chi connectivity index (χ4n) is 2.15. The lowest BCUT2D eigenvalue weighted by Gasteiger charge is -2.36. The smallest absolute Gasteiger partial charge is 0.323 e. The molecular weight excluding hydrogens is 192 g/mol. The molecule has 0 aromatic carbocycles. The summed E-state index contributed by atoms with van der Waals surface area (Å²) in [4.78, 5) is 11.3. The van der Waals surface area contributed by atoms with Crippen molar-refractivity contribution in [3.05, 3.63) is 0 Å². The first-order chi connectivity index (χ1) is 7.10. The molecule has 4 heteroatoms. The number of carboxylic acids is 1. The highest BCUT2D eigenvalue weighted by Crippen LogP contribution is 2.32. The van der Waals surface area contributed by atoms with E-state index in [1.165, 1.54) is 0 Å². The van der Waals surface area contributed by atoms with E-state index in [-0.39, 0.29) is 0 Å². The van der Waals surface area contributed by atoms with Crippen LogP contribution in [0.3, 0.4) is 0 Å². The molecule has 0 saturated heterocycles. The van der Waals surface area contributed by atoms with E-state index >= 15 is 0 Å². The van der Waals surface area contributed by atoms with Crippen LogP contribution < -0.4 is 11.1 Å². The zero-order valence-corrected chi connectivity index (χ0v) is 9.46. The second kappa shape index (κ2) is 5.47. The van der Waals surface area contributed by atoms with Gasteiger partial charge in [-0.3, -0.25) is 4.79 Å². The van der Waals surface area contributed by atoms with Crippen LogP contribution in [0.15, 0.2) is 0 Å². The molecule has 0 spiro atoms. The van der Waals surface area contributed by atoms with E-state index in [4.69, 9.17) is 5.73 Å². The summed E-state index contributed by atoms with van der Waals surface area (Å²) in [5.74, 6) is -0.0415. The highest BCUT2D eigenvalue weighted by molar-refractivity contribution is 5.78. The average molecular weight is 214 g/mol. The van der Waals surface area contributed by atoms with Gasteiger partial charge in [0.25, 0.3) is 0 Å². The molecule has 0 atom stereocenters. The Kier molecular flexibility index (Phi) is 4.54. The molecule has 1 aliphatic rings. The number of hydrogen-bond donors (Lipinski definition) is 3. The Balaban J connectivity index is 2.51. The Labute approximate surface area is 91.2 Å². The van der Waals surface area contributed by atoms with Crippen LogP contribution in [0.2, 0.25) is 0 Å². The van der Waals surface area contributed by atoms with Crippen molar-refractivity contribution < 1.29 is 9.90 Å². The van der Waals surface area contributed by atoms with E-state index in [9.17, 15) is 9.90 Å². The SMILES string of the molecule is CC1CCC(NCCCN)(C(=O)O)CC1. The van der Waals surface area contributed by atoms with Crippen molar-refractivity contribution in [1.29, 1.82) is 0 Å². The van der Waals surface area contributed by atoms with Crippen molar-refractivity contribution in [2.45, 2.75) is 44.6 Å². The quantitative estimate of drug-likeness (QED) is 0.596. The van der Waals surface area contributed by atoms with Crippen LogP contribution in [0.4, 0.5) is 0 Å². The van der Waals surface area contributed by atoms with E-state index in [2.05, 4.69) is 12.2 Å². The minimum absolute atomic E-state index is 0.610. The van der Waals surface area contributed by atoms with Crippen LogP contribution in [0.1, 0.15) is 39.0 Å². The summed E-state index contributed by atoms with van der Waals surface area (Å²) in [6.07, 6.45) is 4.33. The van der Waals surface area contributed by atoms with Gasteiger partial charge in [-0.25, -0.2) is 0 Å². The van der Waals surface area contributed by atoms with Gasteiger partial charge in [0.15, 0.2) is 0 Å². The maximum absolute atomic E-state index is 11.3. The van der Waals surface area contributed by atoms with E-state index in [0.717, 1.165) is 32.1 Å². The summed E-state index contributed by atoms with van der Waals surface area (Å²) in [6.45, 7) is 3.50. The van der Waals surface area contributed by atoms with Gasteiger partial charge in [0.2, 0.25) is 0 Å². The summed E-state index contributed by atoms with van der Waals surface area (Å²) in [7, 11) is 0. The van der Waals surface area contributed by atoms with Gasteiger partial charge in [-0.15, -0.1) is 0 Å². The van der Waals surface area contributed by atoms with E-state index < -0.39 is 11.5 Å². The average Bonchev–Trinajstić information content (AvgIpc) is 2.21. The monoisotopic (exact) mass is 214 g/mol. The predicted molar refractivity (Wildman–Crippen MR) is 59.7 cm³/mol. The lowest BCUT2D eigenvalue weighted by Crippen LogP contribution is -2.54. The molecule has 4 N–H and O–H groups in total. The van der Waals surface area contributed by atoms with Crippen LogP contribution in [-0.2, 0) is 4.79 Å². The third-order valence-electron chi connectivity index (χ3n) is 3.38. The Morgan fingerprint density at radius 1 is 1.53 bits per heavy atom. The number of carboxylic acid groups (broad SMARTS) is 1. The zero-order valence-electron chi connectivity index (χ0n) is 9.46. The number of carbonyl (C=O) groups is 1. The van der Waals surface area contributed by atoms with Gasteiger partial charge in [0.05, 0.1) is 0 Å². The van der Waals surface area contributed by atoms with Crippen molar-refractivity contribution in [2.24, 2.45) is 11.7 Å². The van der Waals surface area contributed by atoms with Crippen molar-refractivity contribution in [3.63, 3.8) is 0 Å². The maximum Gasteiger partial charge on any atom is 0.323 e. The van der Waals surface area contributed by atoms with Gasteiger partial charge in [-0.05, 0) is 51.1 Å². The predicted octanol–water partition coefficient (Wildman–Crippen LogP) is 0.958. The van der Waals surface area contributed by atoms with Crippen molar-refractivity contribution in [3.8, 4) is 0 Å². The van der Waals surface area contributed by atoms with Crippen molar-refractivity contribution in [2.75, 3.05) is 13.1 Å². The number of hydrogen-bond acceptors (Lipinski definition) is 3. The molecule has 0 amide bonds. The van der Waals surface area contributed by atoms with Crippen LogP contribution in [0, 0.1) is 5.92 Å². The second-order valence-electron chi connectivity index (χ2n) is 4.64. The highest BCUT2D eigenvalue weighted by atomic mass is 16.4. The lowest BCUT2D eigenvalue weighted by atomic mass is 9.77. The second-order valence-corrected chi connectivity index (χ2v) is 4.64. The van der Waals surface area contributed by atoms with E-state index in [1.807, 2.05) is 0 Å². The first kappa shape index (κ1) is 12.5. The van der Waals surface area contributed by atoms with Crippen molar-refractivity contribution >= 4 is 5.97 Å². The van der Waals surface area contributed by atoms with Gasteiger partial charge in [0, 0.05) is 0 Å². The molecule has 0 aromatic heterocycles. The van der Waals surface area contributed by atoms with E-state index in [1.54, 1.807) is 0 Å². The number of nitrogens with two attached hydrogens (primary N) is 1. The fraction of sp³-hybridized carbons (Fsp3) is 0.909. The Bertz CT molecular complexity index is 211. The van der Waals surface area contributed by atoms with Gasteiger partial charge in [0.1, 0.15) is 5.54 Å². The summed E-state index contributed by atoms with van der Waals surface area (Å²) in [6, 6.07) is 0. The first-order valence-electron chi connectivity index (χ1n) is 5.79. The minimum Gasteiger partial charge on any atom is -0.480 e. The standard InChI is InChI=1S/C11H22N2O2/c1-9-3-5-11(6-4-9,10(14)15)13-8-2-7-12/h9,13H,2-8,12H2,1H3,(H,14,15). The van der Waals surface area contributed by atoms with Crippen LogP contribution in [0.5, 0.6) is 0 Å². The third kappa shape index (κ3) is 3.18. The molecule has 1 fully saturated rings. The molecule has 0 radical (unpaired) electrons. The molecule has 1 saturated carbocycles. The normalized spacial score (nSPS) is 31.5. The molecule has 0 aliphatic heterocycles. The van der Waals surface area contributed by atoms with E-state index in [0.29, 0.717) is 19.0 Å². The number of aliphatic carboxylic acids is 1. The number of nitrogens with one attached hydrogen (secondary N) is 1. The third-order valence-corrected chi connectivity index (χ3v) is 3.38. The molecule has 88 valence electrons. The van der Waals surface area contributed by atoms with Gasteiger partial charge >= 0.3 is 5.97 Å². The summed E-state index contributed by atoms with van der Waals surface area (Å²) < 4.78 is 0. The highest BCUT2D eigenvalue weighted by Gasteiger charge is 2.40.